The number of nitrogens with one attached hydrogen (secondary N) is 2. The topological polar surface area (TPSA) is 110 Å². The molecule has 2 aromatic heterocycles. The molecule has 94 valence electrons. The van der Waals surface area contributed by atoms with E-state index in [1.807, 2.05) is 0 Å². The van der Waals surface area contributed by atoms with Gasteiger partial charge < -0.3 is 10.3 Å². The maximum atomic E-state index is 10.8. The quantitative estimate of drug-likeness (QED) is 0.482. The lowest BCUT2D eigenvalue weighted by Gasteiger charge is -2.05. The molecule has 0 bridgehead atoms. The minimum atomic E-state index is -0.614. The summed E-state index contributed by atoms with van der Waals surface area (Å²) < 4.78 is 0. The summed E-state index contributed by atoms with van der Waals surface area (Å²) in [5.74, 6) is 0.886. The molecule has 0 saturated heterocycles. The van der Waals surface area contributed by atoms with Crippen molar-refractivity contribution >= 4 is 23.1 Å². The molecule has 0 aliphatic rings. The van der Waals surface area contributed by atoms with Gasteiger partial charge in [-0.3, -0.25) is 10.1 Å². The average molecular weight is 269 g/mol. The third-order valence-electron chi connectivity index (χ3n) is 2.17. The molecule has 8 nitrogen and oxygen atoms in total. The van der Waals surface area contributed by atoms with Gasteiger partial charge in [-0.15, -0.1) is 0 Å². The van der Waals surface area contributed by atoms with E-state index in [1.165, 1.54) is 6.33 Å². The van der Waals surface area contributed by atoms with Crippen LogP contribution in [-0.2, 0) is 6.42 Å². The number of H-pyrrole nitrogens is 1. The van der Waals surface area contributed by atoms with Crippen molar-refractivity contribution in [1.29, 1.82) is 0 Å². The standard InChI is InChI=1S/C9H9ClN6O2/c10-8-7(16(17)18)9(15-5-14-8)13-2-1-6-11-3-4-12-6/h3-5H,1-2H2,(H,11,12)(H,13,14,15). The van der Waals surface area contributed by atoms with Crippen molar-refractivity contribution in [3.05, 3.63) is 39.8 Å². The molecular weight excluding hydrogens is 260 g/mol. The van der Waals surface area contributed by atoms with Crippen molar-refractivity contribution in [2.24, 2.45) is 0 Å². The maximum Gasteiger partial charge on any atom is 0.348 e. The number of aromatic nitrogens is 4. The van der Waals surface area contributed by atoms with Crippen LogP contribution in [0.1, 0.15) is 5.82 Å². The number of anilines is 1. The molecule has 0 spiro atoms. The fraction of sp³-hybridized carbons (Fsp3) is 0.222. The molecule has 2 heterocycles. The Morgan fingerprint density at radius 2 is 2.28 bits per heavy atom. The number of hydrogen-bond acceptors (Lipinski definition) is 6. The molecule has 9 heteroatoms. The van der Waals surface area contributed by atoms with Crippen molar-refractivity contribution in [2.75, 3.05) is 11.9 Å². The van der Waals surface area contributed by atoms with Crippen molar-refractivity contribution in [2.45, 2.75) is 6.42 Å². The highest BCUT2D eigenvalue weighted by Crippen LogP contribution is 2.27. The minimum absolute atomic E-state index is 0.103. The monoisotopic (exact) mass is 268 g/mol. The van der Waals surface area contributed by atoms with E-state index in [0.29, 0.717) is 13.0 Å². The average Bonchev–Trinajstić information content (AvgIpc) is 2.81. The molecule has 0 radical (unpaired) electrons. The Morgan fingerprint density at radius 3 is 2.94 bits per heavy atom. The van der Waals surface area contributed by atoms with Gasteiger partial charge in [0.25, 0.3) is 0 Å². The minimum Gasteiger partial charge on any atom is -0.364 e. The second-order valence-electron chi connectivity index (χ2n) is 3.33. The van der Waals surface area contributed by atoms with Crippen molar-refractivity contribution in [3.8, 4) is 0 Å². The molecule has 18 heavy (non-hydrogen) atoms. The van der Waals surface area contributed by atoms with E-state index < -0.39 is 4.92 Å². The van der Waals surface area contributed by atoms with Crippen LogP contribution in [0.3, 0.4) is 0 Å². The summed E-state index contributed by atoms with van der Waals surface area (Å²) in [7, 11) is 0. The second-order valence-corrected chi connectivity index (χ2v) is 3.69. The summed E-state index contributed by atoms with van der Waals surface area (Å²) in [6.07, 6.45) is 5.11. The number of rotatable bonds is 5. The van der Waals surface area contributed by atoms with Crippen LogP contribution in [0, 0.1) is 10.1 Å². The van der Waals surface area contributed by atoms with Crippen LogP contribution in [0.2, 0.25) is 5.15 Å². The van der Waals surface area contributed by atoms with Crippen LogP contribution in [0.5, 0.6) is 0 Å². The van der Waals surface area contributed by atoms with E-state index >= 15 is 0 Å². The lowest BCUT2D eigenvalue weighted by molar-refractivity contribution is -0.384. The first-order chi connectivity index (χ1) is 8.68. The fourth-order valence-corrected chi connectivity index (χ4v) is 1.58. The molecular formula is C9H9ClN6O2. The number of nitro groups is 1. The van der Waals surface area contributed by atoms with Gasteiger partial charge in [0.2, 0.25) is 11.0 Å². The van der Waals surface area contributed by atoms with Gasteiger partial charge in [0.1, 0.15) is 12.2 Å². The smallest absolute Gasteiger partial charge is 0.348 e. The van der Waals surface area contributed by atoms with Crippen molar-refractivity contribution in [1.82, 2.24) is 19.9 Å². The Hall–Kier alpha value is -2.22. The van der Waals surface area contributed by atoms with Crippen LogP contribution in [0.4, 0.5) is 11.5 Å². The molecule has 0 saturated carbocycles. The third-order valence-corrected chi connectivity index (χ3v) is 2.45. The Morgan fingerprint density at radius 1 is 1.44 bits per heavy atom. The Labute approximate surface area is 107 Å². The molecule has 0 unspecified atom stereocenters. The van der Waals surface area contributed by atoms with Gasteiger partial charge in [-0.05, 0) is 0 Å². The van der Waals surface area contributed by atoms with Gasteiger partial charge in [-0.25, -0.2) is 15.0 Å². The summed E-state index contributed by atoms with van der Waals surface area (Å²) in [5.41, 5.74) is -0.321. The Balaban J connectivity index is 2.05. The van der Waals surface area contributed by atoms with E-state index in [9.17, 15) is 10.1 Å². The van der Waals surface area contributed by atoms with E-state index in [2.05, 4.69) is 25.3 Å². The lowest BCUT2D eigenvalue weighted by Crippen LogP contribution is -2.10. The third kappa shape index (κ3) is 2.72. The van der Waals surface area contributed by atoms with Gasteiger partial charge in [-0.1, -0.05) is 11.6 Å². The fourth-order valence-electron chi connectivity index (χ4n) is 1.38. The normalized spacial score (nSPS) is 10.3. The molecule has 0 aliphatic carbocycles. The molecule has 0 aromatic carbocycles. The van der Waals surface area contributed by atoms with Crippen LogP contribution in [-0.4, -0.2) is 31.4 Å². The summed E-state index contributed by atoms with van der Waals surface area (Å²) in [5, 5.41) is 13.5. The predicted molar refractivity (Wildman–Crippen MR) is 64.5 cm³/mol. The summed E-state index contributed by atoms with van der Waals surface area (Å²) in [4.78, 5) is 24.5. The summed E-state index contributed by atoms with van der Waals surface area (Å²) in [6.45, 7) is 0.446. The molecule has 2 rings (SSSR count). The van der Waals surface area contributed by atoms with E-state index in [-0.39, 0.29) is 16.7 Å². The van der Waals surface area contributed by atoms with E-state index in [0.717, 1.165) is 5.82 Å². The number of imidazole rings is 1. The number of nitrogens with zero attached hydrogens (tertiary/aromatic N) is 4. The van der Waals surface area contributed by atoms with E-state index in [1.54, 1.807) is 12.4 Å². The van der Waals surface area contributed by atoms with Gasteiger partial charge in [0, 0.05) is 25.4 Å². The van der Waals surface area contributed by atoms with E-state index in [4.69, 9.17) is 11.6 Å². The zero-order chi connectivity index (χ0) is 13.0. The first kappa shape index (κ1) is 12.2. The predicted octanol–water partition coefficient (Wildman–Crippen LogP) is 1.42. The molecule has 2 N–H and O–H groups in total. The molecule has 0 atom stereocenters. The Bertz CT molecular complexity index is 544. The van der Waals surface area contributed by atoms with Crippen molar-refractivity contribution in [3.63, 3.8) is 0 Å². The van der Waals surface area contributed by atoms with Crippen LogP contribution in [0.15, 0.2) is 18.7 Å². The largest absolute Gasteiger partial charge is 0.364 e. The van der Waals surface area contributed by atoms with Crippen LogP contribution >= 0.6 is 11.6 Å². The lowest BCUT2D eigenvalue weighted by atomic mass is 10.4. The van der Waals surface area contributed by atoms with Crippen molar-refractivity contribution < 1.29 is 4.92 Å². The highest BCUT2D eigenvalue weighted by Gasteiger charge is 2.20. The number of hydrogen-bond donors (Lipinski definition) is 2. The van der Waals surface area contributed by atoms with Gasteiger partial charge in [-0.2, -0.15) is 0 Å². The van der Waals surface area contributed by atoms with Gasteiger partial charge in [0.15, 0.2) is 0 Å². The van der Waals surface area contributed by atoms with Gasteiger partial charge >= 0.3 is 5.69 Å². The van der Waals surface area contributed by atoms with Gasteiger partial charge in [0.05, 0.1) is 4.92 Å². The molecule has 2 aromatic rings. The second kappa shape index (κ2) is 5.41. The summed E-state index contributed by atoms with van der Waals surface area (Å²) >= 11 is 5.65. The van der Waals surface area contributed by atoms with Crippen LogP contribution in [0.25, 0.3) is 0 Å². The highest BCUT2D eigenvalue weighted by atomic mass is 35.5. The maximum absolute atomic E-state index is 10.8. The highest BCUT2D eigenvalue weighted by molar-refractivity contribution is 6.31. The molecule has 0 fully saturated rings. The zero-order valence-electron chi connectivity index (χ0n) is 9.13. The molecule has 0 amide bonds. The van der Waals surface area contributed by atoms with Crippen LogP contribution < -0.4 is 5.32 Å². The Kier molecular flexibility index (Phi) is 3.68. The zero-order valence-corrected chi connectivity index (χ0v) is 9.89. The molecule has 0 aliphatic heterocycles. The first-order valence-corrected chi connectivity index (χ1v) is 5.43. The SMILES string of the molecule is O=[N+]([O-])c1c(Cl)ncnc1NCCc1ncc[nH]1. The number of halogens is 1. The summed E-state index contributed by atoms with van der Waals surface area (Å²) in [6, 6.07) is 0. The number of aromatic amines is 1. The first-order valence-electron chi connectivity index (χ1n) is 5.05.